The van der Waals surface area contributed by atoms with Gasteiger partial charge in [0.1, 0.15) is 6.04 Å². The highest BCUT2D eigenvalue weighted by molar-refractivity contribution is 7.89. The van der Waals surface area contributed by atoms with Crippen molar-refractivity contribution in [3.8, 4) is 0 Å². The van der Waals surface area contributed by atoms with Gasteiger partial charge in [0.15, 0.2) is 0 Å². The first-order valence-corrected chi connectivity index (χ1v) is 10.0. The molecule has 0 bridgehead atoms. The first-order chi connectivity index (χ1) is 11.9. The number of carbonyl (C=O) groups is 2. The van der Waals surface area contributed by atoms with Gasteiger partial charge in [-0.3, -0.25) is 9.59 Å². The summed E-state index contributed by atoms with van der Waals surface area (Å²) in [6.07, 6.45) is 4.16. The summed E-state index contributed by atoms with van der Waals surface area (Å²) < 4.78 is 26.4. The molecule has 0 aliphatic heterocycles. The van der Waals surface area contributed by atoms with Gasteiger partial charge in [-0.1, -0.05) is 31.0 Å². The fourth-order valence-electron chi connectivity index (χ4n) is 2.76. The second-order valence-corrected chi connectivity index (χ2v) is 8.01. The molecule has 1 aromatic rings. The second kappa shape index (κ2) is 8.96. The molecule has 1 fully saturated rings. The molecule has 1 aliphatic carbocycles. The van der Waals surface area contributed by atoms with Crippen LogP contribution < -0.4 is 15.4 Å². The molecule has 138 valence electrons. The molecule has 0 radical (unpaired) electrons. The highest BCUT2D eigenvalue weighted by Crippen LogP contribution is 2.17. The van der Waals surface area contributed by atoms with Crippen molar-refractivity contribution < 1.29 is 18.0 Å². The van der Waals surface area contributed by atoms with Crippen molar-refractivity contribution in [3.63, 3.8) is 0 Å². The van der Waals surface area contributed by atoms with Crippen LogP contribution in [0, 0.1) is 0 Å². The zero-order valence-electron chi connectivity index (χ0n) is 14.3. The van der Waals surface area contributed by atoms with Crippen molar-refractivity contribution >= 4 is 21.8 Å². The Morgan fingerprint density at radius 2 is 1.80 bits per heavy atom. The average molecular weight is 367 g/mol. The summed E-state index contributed by atoms with van der Waals surface area (Å²) in [7, 11) is -3.63. The van der Waals surface area contributed by atoms with Crippen LogP contribution in [0.2, 0.25) is 0 Å². The third kappa shape index (κ3) is 6.13. The lowest BCUT2D eigenvalue weighted by molar-refractivity contribution is -0.128. The number of benzene rings is 1. The van der Waals surface area contributed by atoms with Crippen LogP contribution >= 0.6 is 0 Å². The average Bonchev–Trinajstić information content (AvgIpc) is 3.08. The third-order valence-corrected chi connectivity index (χ3v) is 5.65. The number of sulfonamides is 1. The molecule has 0 aromatic heterocycles. The molecule has 0 unspecified atom stereocenters. The molecule has 0 saturated heterocycles. The van der Waals surface area contributed by atoms with Gasteiger partial charge < -0.3 is 10.6 Å². The van der Waals surface area contributed by atoms with Gasteiger partial charge in [-0.2, -0.15) is 0 Å². The van der Waals surface area contributed by atoms with Crippen LogP contribution in [0.4, 0.5) is 0 Å². The Bertz CT molecular complexity index is 685. The zero-order chi connectivity index (χ0) is 18.3. The lowest BCUT2D eigenvalue weighted by Crippen LogP contribution is -2.47. The number of rotatable bonds is 8. The molecule has 0 spiro atoms. The van der Waals surface area contributed by atoms with E-state index < -0.39 is 16.1 Å². The number of nitrogens with one attached hydrogen (secondary N) is 3. The van der Waals surface area contributed by atoms with Gasteiger partial charge in [-0.15, -0.1) is 0 Å². The number of amides is 2. The molecule has 1 atom stereocenters. The predicted octanol–water partition coefficient (Wildman–Crippen LogP) is 0.919. The quantitative estimate of drug-likeness (QED) is 0.635. The molecule has 7 nitrogen and oxygen atoms in total. The molecule has 3 N–H and O–H groups in total. The standard InChI is InChI=1S/C17H25N3O4S/c1-13(17(22)20-14-7-5-6-8-14)19-16(21)11-12-18-25(23,24)15-9-3-2-4-10-15/h2-4,9-10,13-14,18H,5-8,11-12H2,1H3,(H,19,21)(H,20,22)/t13-/m1/s1. The third-order valence-electron chi connectivity index (χ3n) is 4.17. The van der Waals surface area contributed by atoms with Gasteiger partial charge in [0, 0.05) is 19.0 Å². The van der Waals surface area contributed by atoms with Crippen LogP contribution in [0.25, 0.3) is 0 Å². The van der Waals surface area contributed by atoms with Gasteiger partial charge in [0.05, 0.1) is 4.90 Å². The summed E-state index contributed by atoms with van der Waals surface area (Å²) in [6, 6.07) is 7.51. The summed E-state index contributed by atoms with van der Waals surface area (Å²) in [5, 5.41) is 5.51. The molecule has 8 heteroatoms. The zero-order valence-corrected chi connectivity index (χ0v) is 15.1. The minimum atomic E-state index is -3.63. The first kappa shape index (κ1) is 19.4. The minimum Gasteiger partial charge on any atom is -0.352 e. The van der Waals surface area contributed by atoms with Crippen molar-refractivity contribution in [1.29, 1.82) is 0 Å². The number of hydrogen-bond donors (Lipinski definition) is 3. The largest absolute Gasteiger partial charge is 0.352 e. The van der Waals surface area contributed by atoms with Crippen LogP contribution in [0.1, 0.15) is 39.0 Å². The Labute approximate surface area is 148 Å². The van der Waals surface area contributed by atoms with E-state index in [1.54, 1.807) is 25.1 Å². The maximum absolute atomic E-state index is 12.0. The van der Waals surface area contributed by atoms with Gasteiger partial charge in [0.2, 0.25) is 21.8 Å². The van der Waals surface area contributed by atoms with Crippen LogP contribution in [-0.2, 0) is 19.6 Å². The Morgan fingerprint density at radius 1 is 1.16 bits per heavy atom. The summed E-state index contributed by atoms with van der Waals surface area (Å²) in [5.41, 5.74) is 0. The Kier molecular flexibility index (Phi) is 6.95. The van der Waals surface area contributed by atoms with E-state index >= 15 is 0 Å². The van der Waals surface area contributed by atoms with Gasteiger partial charge in [0.25, 0.3) is 0 Å². The molecule has 2 rings (SSSR count). The topological polar surface area (TPSA) is 104 Å². The fourth-order valence-corrected chi connectivity index (χ4v) is 3.81. The Morgan fingerprint density at radius 3 is 2.44 bits per heavy atom. The minimum absolute atomic E-state index is 0.0278. The molecular weight excluding hydrogens is 342 g/mol. The molecule has 1 aromatic carbocycles. The van der Waals surface area contributed by atoms with Crippen LogP contribution in [0.5, 0.6) is 0 Å². The summed E-state index contributed by atoms with van der Waals surface area (Å²) in [5.74, 6) is -0.574. The van der Waals surface area contributed by atoms with Crippen LogP contribution in [0.3, 0.4) is 0 Å². The molecular formula is C17H25N3O4S. The molecule has 25 heavy (non-hydrogen) atoms. The van der Waals surface area contributed by atoms with Gasteiger partial charge >= 0.3 is 0 Å². The van der Waals surface area contributed by atoms with Crippen molar-refractivity contribution in [2.75, 3.05) is 6.54 Å². The Balaban J connectivity index is 1.72. The molecule has 0 heterocycles. The maximum Gasteiger partial charge on any atom is 0.242 e. The van der Waals surface area contributed by atoms with Gasteiger partial charge in [-0.25, -0.2) is 13.1 Å². The van der Waals surface area contributed by atoms with Crippen molar-refractivity contribution in [2.24, 2.45) is 0 Å². The highest BCUT2D eigenvalue weighted by atomic mass is 32.2. The lowest BCUT2D eigenvalue weighted by atomic mass is 10.2. The van der Waals surface area contributed by atoms with E-state index in [-0.39, 0.29) is 35.7 Å². The monoisotopic (exact) mass is 367 g/mol. The smallest absolute Gasteiger partial charge is 0.242 e. The number of carbonyl (C=O) groups excluding carboxylic acids is 2. The summed E-state index contributed by atoms with van der Waals surface area (Å²) >= 11 is 0. The number of hydrogen-bond acceptors (Lipinski definition) is 4. The normalized spacial score (nSPS) is 16.4. The maximum atomic E-state index is 12.0. The van der Waals surface area contributed by atoms with E-state index in [9.17, 15) is 18.0 Å². The van der Waals surface area contributed by atoms with E-state index in [0.717, 1.165) is 25.7 Å². The molecule has 1 aliphatic rings. The van der Waals surface area contributed by atoms with Crippen molar-refractivity contribution in [2.45, 2.75) is 56.0 Å². The van der Waals surface area contributed by atoms with Crippen LogP contribution in [0.15, 0.2) is 35.2 Å². The predicted molar refractivity (Wildman–Crippen MR) is 94.3 cm³/mol. The molecule has 1 saturated carbocycles. The van der Waals surface area contributed by atoms with E-state index in [0.29, 0.717) is 0 Å². The fraction of sp³-hybridized carbons (Fsp3) is 0.529. The van der Waals surface area contributed by atoms with E-state index in [2.05, 4.69) is 15.4 Å². The summed E-state index contributed by atoms with van der Waals surface area (Å²) in [6.45, 7) is 1.59. The van der Waals surface area contributed by atoms with Crippen molar-refractivity contribution in [1.82, 2.24) is 15.4 Å². The van der Waals surface area contributed by atoms with E-state index in [1.165, 1.54) is 12.1 Å². The summed E-state index contributed by atoms with van der Waals surface area (Å²) in [4.78, 5) is 24.1. The molecule has 2 amide bonds. The van der Waals surface area contributed by atoms with Crippen LogP contribution in [-0.4, -0.2) is 38.9 Å². The second-order valence-electron chi connectivity index (χ2n) is 6.24. The highest BCUT2D eigenvalue weighted by Gasteiger charge is 2.21. The Hall–Kier alpha value is -1.93. The lowest BCUT2D eigenvalue weighted by Gasteiger charge is -2.17. The SMILES string of the molecule is C[C@@H](NC(=O)CCNS(=O)(=O)c1ccccc1)C(=O)NC1CCCC1. The first-order valence-electron chi connectivity index (χ1n) is 8.53. The van der Waals surface area contributed by atoms with Crippen molar-refractivity contribution in [3.05, 3.63) is 30.3 Å². The van der Waals surface area contributed by atoms with E-state index in [4.69, 9.17) is 0 Å². The van der Waals surface area contributed by atoms with Gasteiger partial charge in [-0.05, 0) is 31.9 Å². The van der Waals surface area contributed by atoms with E-state index in [1.807, 2.05) is 0 Å².